The number of halogens is 6. The van der Waals surface area contributed by atoms with E-state index in [2.05, 4.69) is 10.7 Å². The van der Waals surface area contributed by atoms with Crippen molar-refractivity contribution in [2.45, 2.75) is 36.0 Å². The van der Waals surface area contributed by atoms with Gasteiger partial charge < -0.3 is 5.73 Å². The van der Waals surface area contributed by atoms with Crippen molar-refractivity contribution in [3.63, 3.8) is 0 Å². The highest BCUT2D eigenvalue weighted by Gasteiger charge is 2.21. The smallest absolute Gasteiger partial charge is 0.353 e. The van der Waals surface area contributed by atoms with E-state index in [0.29, 0.717) is 12.1 Å². The molecule has 0 heterocycles. The summed E-state index contributed by atoms with van der Waals surface area (Å²) in [6.07, 6.45) is 0. The standard InChI is InChI=1S/C8H8FNO4S.C8H10FNO2S.C6H3ClFNO4S.C6H4FNO2.CH4.ClHO3S/c1-2-15(13,14)6-3-4-7(9)8(5-6)10(11)12;1-2-13(11,12)6-3-4-7(9)8(10)5-6;7-14(12,13)4-1-2-5(8)6(3-4)9(10)11;7-5-3-1-2-4-6(5)8(9)10;;1-5(2,3)4/h3-5H,2H2,1H3;3-5H,2,10H2,1H3;1-3H;1-4H;1H4;(H,2,3,4). The number of hydrogen-bond acceptors (Lipinski definition) is 15. The van der Waals surface area contributed by atoms with Crippen molar-refractivity contribution in [1.82, 2.24) is 0 Å². The molecule has 4 aromatic rings. The largest absolute Gasteiger partial charge is 0.396 e. The molecule has 0 spiro atoms. The van der Waals surface area contributed by atoms with Gasteiger partial charge in [-0.3, -0.25) is 34.9 Å². The monoisotopic (exact) mass is 948 g/mol. The predicted molar refractivity (Wildman–Crippen MR) is 203 cm³/mol. The van der Waals surface area contributed by atoms with E-state index in [1.807, 2.05) is 0 Å². The Morgan fingerprint density at radius 2 is 0.879 bits per heavy atom. The molecule has 0 atom stereocenters. The first-order chi connectivity index (χ1) is 25.9. The molecule has 3 N–H and O–H groups in total. The zero-order valence-electron chi connectivity index (χ0n) is 28.4. The molecule has 0 aliphatic carbocycles. The van der Waals surface area contributed by atoms with Gasteiger partial charge in [-0.25, -0.2) is 29.6 Å². The maximum Gasteiger partial charge on any atom is 0.353 e. The molecule has 0 aliphatic rings. The van der Waals surface area contributed by atoms with Gasteiger partial charge in [-0.15, -0.1) is 0 Å². The number of sulfone groups is 2. The fourth-order valence-electron chi connectivity index (χ4n) is 3.26. The van der Waals surface area contributed by atoms with E-state index >= 15 is 0 Å². The number of benzene rings is 4. The second-order valence-corrected chi connectivity index (χ2v) is 18.9. The zero-order chi connectivity index (χ0) is 44.7. The van der Waals surface area contributed by atoms with E-state index in [1.54, 1.807) is 0 Å². The maximum absolute atomic E-state index is 12.9. The number of anilines is 1. The topological polar surface area (TPSA) is 312 Å². The normalized spacial score (nSPS) is 10.8. The fraction of sp³-hybridized carbons (Fsp3) is 0.172. The van der Waals surface area contributed by atoms with Crippen molar-refractivity contribution in [2.24, 2.45) is 0 Å². The lowest BCUT2D eigenvalue weighted by Crippen LogP contribution is -2.05. The molecule has 0 radical (unpaired) electrons. The van der Waals surface area contributed by atoms with Crippen LogP contribution in [0, 0.1) is 53.6 Å². The van der Waals surface area contributed by atoms with E-state index in [4.69, 9.17) is 29.4 Å². The van der Waals surface area contributed by atoms with E-state index in [1.165, 1.54) is 32.0 Å². The van der Waals surface area contributed by atoms with Gasteiger partial charge in [-0.1, -0.05) is 33.4 Å². The first-order valence-electron chi connectivity index (χ1n) is 14.3. The molecule has 0 amide bonds. The van der Waals surface area contributed by atoms with Gasteiger partial charge in [0.05, 0.1) is 46.6 Å². The summed E-state index contributed by atoms with van der Waals surface area (Å²) in [5.74, 6) is -3.76. The van der Waals surface area contributed by atoms with Crippen LogP contribution in [0.2, 0.25) is 0 Å². The number of nitrogens with two attached hydrogens (primary N) is 1. The van der Waals surface area contributed by atoms with Gasteiger partial charge >= 0.3 is 26.4 Å². The number of rotatable bonds is 8. The van der Waals surface area contributed by atoms with Crippen molar-refractivity contribution in [1.29, 1.82) is 0 Å². The summed E-state index contributed by atoms with van der Waals surface area (Å²) in [6.45, 7) is 2.93. The molecule has 4 aromatic carbocycles. The maximum atomic E-state index is 12.9. The molecular formula is C29H30Cl2F4N4O15S4. The summed E-state index contributed by atoms with van der Waals surface area (Å²) < 4.78 is 143. The van der Waals surface area contributed by atoms with Gasteiger partial charge in [0, 0.05) is 39.6 Å². The third kappa shape index (κ3) is 19.4. The molecule has 0 unspecified atom stereocenters. The van der Waals surface area contributed by atoms with Crippen LogP contribution in [0.25, 0.3) is 0 Å². The Kier molecular flexibility index (Phi) is 22.2. The molecule has 0 aromatic heterocycles. The van der Waals surface area contributed by atoms with Crippen LogP contribution >= 0.6 is 21.4 Å². The molecule has 29 heteroatoms. The molecule has 0 fully saturated rings. The van der Waals surface area contributed by atoms with Crippen LogP contribution in [0.4, 0.5) is 40.3 Å². The van der Waals surface area contributed by atoms with Gasteiger partial charge in [0.1, 0.15) is 5.82 Å². The molecule has 0 saturated heterocycles. The van der Waals surface area contributed by atoms with Crippen molar-refractivity contribution < 1.29 is 70.6 Å². The number of nitro benzene ring substituents is 3. The summed E-state index contributed by atoms with van der Waals surface area (Å²) in [5.41, 5.74) is 2.85. The minimum atomic E-state index is -4.19. The summed E-state index contributed by atoms with van der Waals surface area (Å²) in [5, 5.41) is 30.6. The lowest BCUT2D eigenvalue weighted by Gasteiger charge is -2.02. The highest BCUT2D eigenvalue weighted by molar-refractivity contribution is 8.13. The van der Waals surface area contributed by atoms with E-state index in [-0.39, 0.29) is 34.4 Å². The Morgan fingerprint density at radius 1 is 0.569 bits per heavy atom. The Bertz CT molecular complexity index is 2550. The summed E-state index contributed by atoms with van der Waals surface area (Å²) >= 11 is 0. The number of nitro groups is 3. The highest BCUT2D eigenvalue weighted by atomic mass is 35.7. The van der Waals surface area contributed by atoms with E-state index in [9.17, 15) is 73.2 Å². The molecule has 58 heavy (non-hydrogen) atoms. The average molecular weight is 950 g/mol. The van der Waals surface area contributed by atoms with Crippen molar-refractivity contribution in [2.75, 3.05) is 17.2 Å². The predicted octanol–water partition coefficient (Wildman–Crippen LogP) is 6.79. The SMILES string of the molecule is C.CCS(=O)(=O)c1ccc(F)c(N)c1.CCS(=O)(=O)c1ccc(F)c([N+](=O)[O-])c1.O=S(=O)(O)Cl.O=[N+]([O-])c1cc(S(=O)(=O)Cl)ccc1F.O=[N+]([O-])c1ccccc1F. The van der Waals surface area contributed by atoms with Crippen LogP contribution in [0.5, 0.6) is 0 Å². The van der Waals surface area contributed by atoms with Crippen LogP contribution < -0.4 is 5.73 Å². The zero-order valence-corrected chi connectivity index (χ0v) is 33.2. The number of para-hydroxylation sites is 1. The second kappa shape index (κ2) is 23.4. The minimum Gasteiger partial charge on any atom is -0.396 e. The highest BCUT2D eigenvalue weighted by Crippen LogP contribution is 2.24. The van der Waals surface area contributed by atoms with Gasteiger partial charge in [0.15, 0.2) is 19.7 Å². The Balaban J connectivity index is 0. The molecule has 0 aliphatic heterocycles. The van der Waals surface area contributed by atoms with Gasteiger partial charge in [0.2, 0.25) is 17.5 Å². The van der Waals surface area contributed by atoms with Crippen molar-refractivity contribution in [3.05, 3.63) is 132 Å². The molecular weight excluding hydrogens is 919 g/mol. The average Bonchev–Trinajstić information content (AvgIpc) is 3.09. The molecule has 0 saturated carbocycles. The van der Waals surface area contributed by atoms with Gasteiger partial charge in [-0.05, 0) is 48.5 Å². The fourth-order valence-corrected chi connectivity index (χ4v) is 5.84. The van der Waals surface area contributed by atoms with E-state index in [0.717, 1.165) is 48.5 Å². The first-order valence-corrected chi connectivity index (χ1v) is 22.2. The first kappa shape index (κ1) is 55.0. The van der Waals surface area contributed by atoms with Crippen LogP contribution in [0.3, 0.4) is 0 Å². The molecule has 4 rings (SSSR count). The third-order valence-electron chi connectivity index (χ3n) is 6.01. The molecule has 0 bridgehead atoms. The molecule has 322 valence electrons. The van der Waals surface area contributed by atoms with Crippen LogP contribution in [0.1, 0.15) is 21.3 Å². The van der Waals surface area contributed by atoms with Crippen LogP contribution in [0.15, 0.2) is 93.5 Å². The summed E-state index contributed by atoms with van der Waals surface area (Å²) in [7, 11) is -6.12. The minimum absolute atomic E-state index is 0. The van der Waals surface area contributed by atoms with Gasteiger partial charge in [0.25, 0.3) is 9.05 Å². The Morgan fingerprint density at radius 3 is 1.19 bits per heavy atom. The number of nitrogens with zero attached hydrogens (tertiary/aromatic N) is 3. The van der Waals surface area contributed by atoms with E-state index < -0.39 is 98.1 Å². The van der Waals surface area contributed by atoms with Gasteiger partial charge in [-0.2, -0.15) is 21.6 Å². The lowest BCUT2D eigenvalue weighted by atomic mass is 10.3. The Labute approximate surface area is 337 Å². The van der Waals surface area contributed by atoms with Crippen molar-refractivity contribution in [3.8, 4) is 0 Å². The van der Waals surface area contributed by atoms with Crippen LogP contribution in [-0.2, 0) is 38.1 Å². The second-order valence-electron chi connectivity index (χ2n) is 9.79. The molecule has 19 nitrogen and oxygen atoms in total. The van der Waals surface area contributed by atoms with Crippen molar-refractivity contribution >= 4 is 82.2 Å². The lowest BCUT2D eigenvalue weighted by molar-refractivity contribution is -0.387. The third-order valence-corrected chi connectivity index (χ3v) is 10.8. The quantitative estimate of drug-likeness (QED) is 0.0349. The Hall–Kier alpha value is -5.06. The number of nitrogen functional groups attached to an aromatic ring is 1. The summed E-state index contributed by atoms with van der Waals surface area (Å²) in [6, 6.07) is 13.0. The number of hydrogen-bond donors (Lipinski definition) is 2. The van der Waals surface area contributed by atoms with Crippen LogP contribution in [-0.4, -0.2) is 64.5 Å². The summed E-state index contributed by atoms with van der Waals surface area (Å²) in [4.78, 5) is 27.2.